The van der Waals surface area contributed by atoms with Gasteiger partial charge in [0.15, 0.2) is 0 Å². The number of nitrogens with one attached hydrogen (secondary N) is 1. The summed E-state index contributed by atoms with van der Waals surface area (Å²) in [6.45, 7) is 2.46. The second-order valence-corrected chi connectivity index (χ2v) is 7.30. The summed E-state index contributed by atoms with van der Waals surface area (Å²) in [7, 11) is -1.76. The van der Waals surface area contributed by atoms with Gasteiger partial charge in [-0.05, 0) is 56.6 Å². The number of likely N-dealkylation sites (tertiary alicyclic amines) is 1. The average molecular weight is 315 g/mol. The highest BCUT2D eigenvalue weighted by atomic mass is 32.2. The molecule has 1 aliphatic heterocycles. The fraction of sp³-hybridized carbons (Fsp3) is 0.571. The lowest BCUT2D eigenvalue weighted by Crippen LogP contribution is -2.37. The molecule has 0 unspecified atom stereocenters. The molecule has 0 amide bonds. The first-order chi connectivity index (χ1) is 9.92. The van der Waals surface area contributed by atoms with Gasteiger partial charge >= 0.3 is 0 Å². The van der Waals surface area contributed by atoms with E-state index in [1.54, 1.807) is 0 Å². The summed E-state index contributed by atoms with van der Waals surface area (Å²) in [5.74, 6) is -0.448. The van der Waals surface area contributed by atoms with E-state index < -0.39 is 15.8 Å². The van der Waals surface area contributed by atoms with Crippen LogP contribution in [0.25, 0.3) is 0 Å². The monoisotopic (exact) mass is 315 g/mol. The number of hydrogen-bond donors (Lipinski definition) is 2. The van der Waals surface area contributed by atoms with E-state index in [0.29, 0.717) is 18.0 Å². The Labute approximate surface area is 125 Å². The van der Waals surface area contributed by atoms with Gasteiger partial charge in [0.1, 0.15) is 10.7 Å². The number of hydrogen-bond acceptors (Lipinski definition) is 4. The van der Waals surface area contributed by atoms with Gasteiger partial charge in [0.25, 0.3) is 0 Å². The third-order valence-electron chi connectivity index (χ3n) is 3.92. The quantitative estimate of drug-likeness (QED) is 0.847. The molecule has 7 heteroatoms. The van der Waals surface area contributed by atoms with Crippen molar-refractivity contribution in [1.29, 1.82) is 0 Å². The van der Waals surface area contributed by atoms with E-state index in [0.717, 1.165) is 25.9 Å². The smallest absolute Gasteiger partial charge is 0.243 e. The zero-order valence-electron chi connectivity index (χ0n) is 12.2. The van der Waals surface area contributed by atoms with Crippen molar-refractivity contribution in [1.82, 2.24) is 9.62 Å². The number of sulfonamides is 1. The van der Waals surface area contributed by atoms with Crippen LogP contribution >= 0.6 is 0 Å². The molecule has 21 heavy (non-hydrogen) atoms. The minimum atomic E-state index is -3.81. The minimum Gasteiger partial charge on any atom is -0.326 e. The van der Waals surface area contributed by atoms with Crippen LogP contribution in [-0.4, -0.2) is 40.0 Å². The number of nitrogens with zero attached hydrogens (tertiary/aromatic N) is 1. The van der Waals surface area contributed by atoms with E-state index in [4.69, 9.17) is 5.73 Å². The molecule has 1 heterocycles. The van der Waals surface area contributed by atoms with Gasteiger partial charge in [-0.2, -0.15) is 0 Å². The predicted octanol–water partition coefficient (Wildman–Crippen LogP) is 0.904. The minimum absolute atomic E-state index is 0.181. The number of nitrogens with two attached hydrogens (primary N) is 1. The lowest BCUT2D eigenvalue weighted by molar-refractivity contribution is 0.220. The molecule has 0 aromatic heterocycles. The third kappa shape index (κ3) is 4.23. The molecule has 3 N–H and O–H groups in total. The van der Waals surface area contributed by atoms with Gasteiger partial charge in [-0.3, -0.25) is 0 Å². The highest BCUT2D eigenvalue weighted by molar-refractivity contribution is 7.89. The highest BCUT2D eigenvalue weighted by Crippen LogP contribution is 2.18. The Morgan fingerprint density at radius 2 is 2.05 bits per heavy atom. The van der Waals surface area contributed by atoms with E-state index >= 15 is 0 Å². The predicted molar refractivity (Wildman–Crippen MR) is 79.7 cm³/mol. The van der Waals surface area contributed by atoms with Crippen LogP contribution in [0.4, 0.5) is 4.39 Å². The molecule has 1 fully saturated rings. The largest absolute Gasteiger partial charge is 0.326 e. The molecular weight excluding hydrogens is 293 g/mol. The number of benzene rings is 1. The van der Waals surface area contributed by atoms with Gasteiger partial charge < -0.3 is 10.6 Å². The van der Waals surface area contributed by atoms with Gasteiger partial charge in [-0.1, -0.05) is 6.07 Å². The van der Waals surface area contributed by atoms with E-state index in [2.05, 4.69) is 16.7 Å². The molecule has 1 aromatic rings. The summed E-state index contributed by atoms with van der Waals surface area (Å²) in [6.07, 6.45) is 1.90. The molecule has 5 nitrogen and oxygen atoms in total. The van der Waals surface area contributed by atoms with Crippen molar-refractivity contribution in [3.8, 4) is 0 Å². The van der Waals surface area contributed by atoms with Crippen LogP contribution in [0.1, 0.15) is 18.4 Å². The zero-order valence-corrected chi connectivity index (χ0v) is 13.0. The molecule has 1 saturated heterocycles. The van der Waals surface area contributed by atoms with Crippen LogP contribution in [0.5, 0.6) is 0 Å². The Morgan fingerprint density at radius 3 is 2.62 bits per heavy atom. The van der Waals surface area contributed by atoms with E-state index in [1.807, 2.05) is 0 Å². The Kier molecular flexibility index (Phi) is 5.32. The maximum Gasteiger partial charge on any atom is 0.243 e. The van der Waals surface area contributed by atoms with Crippen LogP contribution in [0.15, 0.2) is 23.1 Å². The fourth-order valence-corrected chi connectivity index (χ4v) is 3.63. The number of piperidine rings is 1. The van der Waals surface area contributed by atoms with Crippen LogP contribution in [0.2, 0.25) is 0 Å². The average Bonchev–Trinajstić information content (AvgIpc) is 2.46. The van der Waals surface area contributed by atoms with Crippen LogP contribution < -0.4 is 10.5 Å². The van der Waals surface area contributed by atoms with Crippen LogP contribution in [0, 0.1) is 11.7 Å². The summed E-state index contributed by atoms with van der Waals surface area (Å²) in [4.78, 5) is 1.91. The summed E-state index contributed by atoms with van der Waals surface area (Å²) in [5, 5.41) is 0. The van der Waals surface area contributed by atoms with Crippen molar-refractivity contribution in [2.45, 2.75) is 24.3 Å². The van der Waals surface area contributed by atoms with Crippen LogP contribution in [-0.2, 0) is 16.6 Å². The molecule has 1 aliphatic rings. The second kappa shape index (κ2) is 6.83. The molecule has 0 bridgehead atoms. The fourth-order valence-electron chi connectivity index (χ4n) is 2.46. The molecule has 0 aliphatic carbocycles. The summed E-state index contributed by atoms with van der Waals surface area (Å²) in [6, 6.07) is 3.98. The van der Waals surface area contributed by atoms with E-state index in [1.165, 1.54) is 18.2 Å². The standard InChI is InChI=1S/C14H22FN3O2S/c1-18-6-4-11(5-7-18)10-17-21(19,20)14-3-2-12(9-16)8-13(14)15/h2-3,8,11,17H,4-7,9-10,16H2,1H3. The van der Waals surface area contributed by atoms with Gasteiger partial charge in [0, 0.05) is 13.1 Å². The Balaban J connectivity index is 2.01. The summed E-state index contributed by atoms with van der Waals surface area (Å²) >= 11 is 0. The first kappa shape index (κ1) is 16.4. The highest BCUT2D eigenvalue weighted by Gasteiger charge is 2.22. The topological polar surface area (TPSA) is 75.4 Å². The lowest BCUT2D eigenvalue weighted by atomic mass is 9.98. The SMILES string of the molecule is CN1CCC(CNS(=O)(=O)c2ccc(CN)cc2F)CC1. The second-order valence-electron chi connectivity index (χ2n) is 5.57. The third-order valence-corrected chi connectivity index (χ3v) is 5.38. The summed E-state index contributed by atoms with van der Waals surface area (Å²) in [5.41, 5.74) is 5.98. The summed E-state index contributed by atoms with van der Waals surface area (Å²) < 4.78 is 40.7. The maximum atomic E-state index is 13.9. The van der Waals surface area contributed by atoms with Crippen molar-refractivity contribution in [2.24, 2.45) is 11.7 Å². The molecule has 0 atom stereocenters. The van der Waals surface area contributed by atoms with Crippen molar-refractivity contribution in [3.05, 3.63) is 29.6 Å². The Bertz CT molecular complexity index is 584. The molecular formula is C14H22FN3O2S. The maximum absolute atomic E-state index is 13.9. The molecule has 0 spiro atoms. The van der Waals surface area contributed by atoms with E-state index in [9.17, 15) is 12.8 Å². The molecule has 1 aromatic carbocycles. The van der Waals surface area contributed by atoms with Crippen molar-refractivity contribution >= 4 is 10.0 Å². The van der Waals surface area contributed by atoms with Gasteiger partial charge in [0.05, 0.1) is 0 Å². The van der Waals surface area contributed by atoms with Gasteiger partial charge in [-0.15, -0.1) is 0 Å². The first-order valence-electron chi connectivity index (χ1n) is 7.09. The molecule has 2 rings (SSSR count). The van der Waals surface area contributed by atoms with Crippen molar-refractivity contribution in [3.63, 3.8) is 0 Å². The Hall–Kier alpha value is -1.02. The molecule has 0 saturated carbocycles. The van der Waals surface area contributed by atoms with Crippen molar-refractivity contribution < 1.29 is 12.8 Å². The first-order valence-corrected chi connectivity index (χ1v) is 8.57. The van der Waals surface area contributed by atoms with Crippen LogP contribution in [0.3, 0.4) is 0 Å². The van der Waals surface area contributed by atoms with Gasteiger partial charge in [0.2, 0.25) is 10.0 Å². The molecule has 0 radical (unpaired) electrons. The zero-order chi connectivity index (χ0) is 15.5. The van der Waals surface area contributed by atoms with Gasteiger partial charge in [-0.25, -0.2) is 17.5 Å². The number of rotatable bonds is 5. The lowest BCUT2D eigenvalue weighted by Gasteiger charge is -2.28. The Morgan fingerprint density at radius 1 is 1.38 bits per heavy atom. The molecule has 118 valence electrons. The normalized spacial score (nSPS) is 18.0. The van der Waals surface area contributed by atoms with E-state index in [-0.39, 0.29) is 11.4 Å². The van der Waals surface area contributed by atoms with Crippen molar-refractivity contribution in [2.75, 3.05) is 26.7 Å². The number of halogens is 1.